The van der Waals surface area contributed by atoms with Gasteiger partial charge in [0.2, 0.25) is 0 Å². The standard InChI is InChI=1S/C19H17N3O/c20-10-15-6-8-17(9-7-15)21-11-19(12-21)13-22(14-19)18(23)16-4-2-1-3-5-16/h1-9H,11-14H2. The van der Waals surface area contributed by atoms with E-state index < -0.39 is 0 Å². The molecule has 0 aromatic heterocycles. The van der Waals surface area contributed by atoms with Gasteiger partial charge in [0.15, 0.2) is 0 Å². The van der Waals surface area contributed by atoms with E-state index in [2.05, 4.69) is 11.0 Å². The van der Waals surface area contributed by atoms with Crippen LogP contribution in [0.25, 0.3) is 0 Å². The molecule has 0 bridgehead atoms. The number of carbonyl (C=O) groups is 1. The van der Waals surface area contributed by atoms with Crippen LogP contribution in [0.3, 0.4) is 0 Å². The van der Waals surface area contributed by atoms with Gasteiger partial charge >= 0.3 is 0 Å². The fourth-order valence-corrected chi connectivity index (χ4v) is 3.56. The van der Waals surface area contributed by atoms with Crippen LogP contribution in [-0.4, -0.2) is 37.0 Å². The van der Waals surface area contributed by atoms with E-state index >= 15 is 0 Å². The fraction of sp³-hybridized carbons (Fsp3) is 0.263. The van der Waals surface area contributed by atoms with Crippen LogP contribution in [0, 0.1) is 16.7 Å². The molecule has 4 heteroatoms. The maximum absolute atomic E-state index is 12.4. The predicted molar refractivity (Wildman–Crippen MR) is 88.1 cm³/mol. The molecule has 0 atom stereocenters. The lowest BCUT2D eigenvalue weighted by Crippen LogP contribution is -2.73. The molecule has 0 aliphatic carbocycles. The summed E-state index contributed by atoms with van der Waals surface area (Å²) in [6.07, 6.45) is 0. The first-order chi connectivity index (χ1) is 11.2. The summed E-state index contributed by atoms with van der Waals surface area (Å²) in [5.41, 5.74) is 2.87. The Morgan fingerprint density at radius 2 is 1.61 bits per heavy atom. The molecule has 1 amide bonds. The van der Waals surface area contributed by atoms with Crippen molar-refractivity contribution in [3.05, 3.63) is 65.7 Å². The summed E-state index contributed by atoms with van der Waals surface area (Å²) in [7, 11) is 0. The molecule has 2 aliphatic rings. The third-order valence-electron chi connectivity index (χ3n) is 4.77. The molecule has 1 spiro atoms. The van der Waals surface area contributed by atoms with Crippen LogP contribution in [0.4, 0.5) is 5.69 Å². The smallest absolute Gasteiger partial charge is 0.253 e. The number of nitrogens with zero attached hydrogens (tertiary/aromatic N) is 3. The van der Waals surface area contributed by atoms with Crippen LogP contribution in [0.2, 0.25) is 0 Å². The summed E-state index contributed by atoms with van der Waals surface area (Å²) in [4.78, 5) is 16.6. The van der Waals surface area contributed by atoms with Crippen LogP contribution in [0.15, 0.2) is 54.6 Å². The third-order valence-corrected chi connectivity index (χ3v) is 4.77. The lowest BCUT2D eigenvalue weighted by atomic mass is 9.72. The number of benzene rings is 2. The van der Waals surface area contributed by atoms with Gasteiger partial charge in [0, 0.05) is 42.8 Å². The van der Waals surface area contributed by atoms with Crippen LogP contribution in [-0.2, 0) is 0 Å². The topological polar surface area (TPSA) is 47.3 Å². The minimum Gasteiger partial charge on any atom is -0.370 e. The highest BCUT2D eigenvalue weighted by Crippen LogP contribution is 2.42. The Labute approximate surface area is 135 Å². The first-order valence-electron chi connectivity index (χ1n) is 7.79. The van der Waals surface area contributed by atoms with Gasteiger partial charge in [-0.15, -0.1) is 0 Å². The monoisotopic (exact) mass is 303 g/mol. The first-order valence-corrected chi connectivity index (χ1v) is 7.79. The van der Waals surface area contributed by atoms with Gasteiger partial charge in [0.1, 0.15) is 0 Å². The molecule has 0 saturated carbocycles. The van der Waals surface area contributed by atoms with Gasteiger partial charge in [-0.05, 0) is 36.4 Å². The molecule has 2 fully saturated rings. The zero-order chi connectivity index (χ0) is 15.9. The maximum atomic E-state index is 12.4. The third kappa shape index (κ3) is 2.35. The molecule has 2 heterocycles. The Morgan fingerprint density at radius 1 is 0.957 bits per heavy atom. The average Bonchev–Trinajstić information content (AvgIpc) is 2.53. The predicted octanol–water partition coefficient (Wildman–Crippen LogP) is 2.52. The van der Waals surface area contributed by atoms with E-state index in [0.29, 0.717) is 5.56 Å². The minimum atomic E-state index is 0.132. The van der Waals surface area contributed by atoms with Gasteiger partial charge < -0.3 is 9.80 Å². The molecular weight excluding hydrogens is 286 g/mol. The van der Waals surface area contributed by atoms with Gasteiger partial charge in [0.05, 0.1) is 11.6 Å². The SMILES string of the molecule is N#Cc1ccc(N2CC3(CN(C(=O)c4ccccc4)C3)C2)cc1. The molecule has 0 N–H and O–H groups in total. The summed E-state index contributed by atoms with van der Waals surface area (Å²) < 4.78 is 0. The van der Waals surface area contributed by atoms with Crippen molar-refractivity contribution in [1.82, 2.24) is 4.90 Å². The van der Waals surface area contributed by atoms with Crippen LogP contribution in [0.5, 0.6) is 0 Å². The summed E-state index contributed by atoms with van der Waals surface area (Å²) in [6, 6.07) is 19.3. The lowest BCUT2D eigenvalue weighted by Gasteiger charge is -2.61. The van der Waals surface area contributed by atoms with Gasteiger partial charge in [0.25, 0.3) is 5.91 Å². The molecule has 2 aliphatic heterocycles. The number of rotatable bonds is 2. The minimum absolute atomic E-state index is 0.132. The number of hydrogen-bond donors (Lipinski definition) is 0. The largest absolute Gasteiger partial charge is 0.370 e. The lowest BCUT2D eigenvalue weighted by molar-refractivity contribution is -0.0104. The average molecular weight is 303 g/mol. The highest BCUT2D eigenvalue weighted by Gasteiger charge is 2.53. The normalized spacial score (nSPS) is 18.0. The zero-order valence-corrected chi connectivity index (χ0v) is 12.8. The number of amides is 1. The van der Waals surface area contributed by atoms with Crippen molar-refractivity contribution in [3.63, 3.8) is 0 Å². The Kier molecular flexibility index (Phi) is 3.09. The first kappa shape index (κ1) is 13.8. The Hall–Kier alpha value is -2.80. The van der Waals surface area contributed by atoms with Gasteiger partial charge in [-0.2, -0.15) is 5.26 Å². The number of hydrogen-bond acceptors (Lipinski definition) is 3. The van der Waals surface area contributed by atoms with Gasteiger partial charge in [-0.1, -0.05) is 18.2 Å². The van der Waals surface area contributed by atoms with Crippen molar-refractivity contribution in [2.45, 2.75) is 0 Å². The molecule has 4 rings (SSSR count). The molecule has 0 unspecified atom stereocenters. The van der Waals surface area contributed by atoms with E-state index in [0.717, 1.165) is 37.4 Å². The number of carbonyl (C=O) groups excluding carboxylic acids is 1. The second-order valence-electron chi connectivity index (χ2n) is 6.54. The van der Waals surface area contributed by atoms with Crippen molar-refractivity contribution >= 4 is 11.6 Å². The quantitative estimate of drug-likeness (QED) is 0.856. The fourth-order valence-electron chi connectivity index (χ4n) is 3.56. The molecule has 114 valence electrons. The highest BCUT2D eigenvalue weighted by atomic mass is 16.2. The van der Waals surface area contributed by atoms with E-state index in [1.54, 1.807) is 0 Å². The molecule has 2 aromatic carbocycles. The molecule has 23 heavy (non-hydrogen) atoms. The zero-order valence-electron chi connectivity index (χ0n) is 12.8. The molecule has 0 radical (unpaired) electrons. The molecule has 2 saturated heterocycles. The summed E-state index contributed by atoms with van der Waals surface area (Å²) >= 11 is 0. The van der Waals surface area contributed by atoms with E-state index in [1.165, 1.54) is 0 Å². The number of likely N-dealkylation sites (tertiary alicyclic amines) is 1. The van der Waals surface area contributed by atoms with Crippen LogP contribution >= 0.6 is 0 Å². The molecule has 4 nitrogen and oxygen atoms in total. The second kappa shape index (κ2) is 5.13. The molecule has 2 aromatic rings. The van der Waals surface area contributed by atoms with E-state index in [1.807, 2.05) is 59.5 Å². The Morgan fingerprint density at radius 3 is 2.22 bits per heavy atom. The Bertz CT molecular complexity index is 763. The van der Waals surface area contributed by atoms with Crippen molar-refractivity contribution in [1.29, 1.82) is 5.26 Å². The summed E-state index contributed by atoms with van der Waals surface area (Å²) in [5.74, 6) is 0.132. The van der Waals surface area contributed by atoms with E-state index in [-0.39, 0.29) is 11.3 Å². The van der Waals surface area contributed by atoms with Gasteiger partial charge in [-0.3, -0.25) is 4.79 Å². The van der Waals surface area contributed by atoms with Crippen LogP contribution in [0.1, 0.15) is 15.9 Å². The summed E-state index contributed by atoms with van der Waals surface area (Å²) in [5, 5.41) is 8.84. The van der Waals surface area contributed by atoms with Crippen molar-refractivity contribution in [2.24, 2.45) is 5.41 Å². The molecular formula is C19H17N3O. The highest BCUT2D eigenvalue weighted by molar-refractivity contribution is 5.94. The second-order valence-corrected chi connectivity index (χ2v) is 6.54. The van der Waals surface area contributed by atoms with Crippen molar-refractivity contribution in [3.8, 4) is 6.07 Å². The van der Waals surface area contributed by atoms with Crippen molar-refractivity contribution in [2.75, 3.05) is 31.1 Å². The maximum Gasteiger partial charge on any atom is 0.253 e. The number of nitriles is 1. The van der Waals surface area contributed by atoms with Gasteiger partial charge in [-0.25, -0.2) is 0 Å². The van der Waals surface area contributed by atoms with Crippen molar-refractivity contribution < 1.29 is 4.79 Å². The Balaban J connectivity index is 1.34. The van der Waals surface area contributed by atoms with E-state index in [9.17, 15) is 4.79 Å². The summed E-state index contributed by atoms with van der Waals surface area (Å²) in [6.45, 7) is 3.65. The van der Waals surface area contributed by atoms with E-state index in [4.69, 9.17) is 5.26 Å². The number of anilines is 1. The van der Waals surface area contributed by atoms with Crippen LogP contribution < -0.4 is 4.90 Å².